The standard InChI is InChI=1S/C20H21N3O4/c1-21(14-19(24)22-11-5-6-12-22)17-10-9-16(13-18(17)23(26)27)20(25)15-7-3-2-4-8-15/h2-4,7-10,13H,5-6,11-12,14H2,1H3. The number of nitro groups is 1. The molecule has 0 bridgehead atoms. The lowest BCUT2D eigenvalue weighted by Crippen LogP contribution is -2.37. The van der Waals surface area contributed by atoms with Crippen LogP contribution in [0.25, 0.3) is 0 Å². The third-order valence-electron chi connectivity index (χ3n) is 4.71. The second-order valence-electron chi connectivity index (χ2n) is 6.60. The van der Waals surface area contributed by atoms with Crippen molar-refractivity contribution >= 4 is 23.1 Å². The van der Waals surface area contributed by atoms with Crippen molar-refractivity contribution in [3.05, 3.63) is 69.8 Å². The van der Waals surface area contributed by atoms with Crippen molar-refractivity contribution in [2.75, 3.05) is 31.6 Å². The topological polar surface area (TPSA) is 83.8 Å². The van der Waals surface area contributed by atoms with Gasteiger partial charge in [0.2, 0.25) is 5.91 Å². The predicted molar refractivity (Wildman–Crippen MR) is 102 cm³/mol. The molecule has 0 aliphatic carbocycles. The lowest BCUT2D eigenvalue weighted by Gasteiger charge is -2.22. The Labute approximate surface area is 157 Å². The van der Waals surface area contributed by atoms with Gasteiger partial charge in [-0.05, 0) is 25.0 Å². The first-order valence-electron chi connectivity index (χ1n) is 8.84. The van der Waals surface area contributed by atoms with Crippen molar-refractivity contribution in [1.82, 2.24) is 4.90 Å². The molecule has 1 amide bonds. The number of benzene rings is 2. The summed E-state index contributed by atoms with van der Waals surface area (Å²) in [4.78, 5) is 39.3. The van der Waals surface area contributed by atoms with Crippen LogP contribution in [-0.4, -0.2) is 48.2 Å². The number of hydrogen-bond acceptors (Lipinski definition) is 5. The zero-order valence-electron chi connectivity index (χ0n) is 15.1. The van der Waals surface area contributed by atoms with Crippen molar-refractivity contribution in [3.63, 3.8) is 0 Å². The van der Waals surface area contributed by atoms with Gasteiger partial charge in [0, 0.05) is 37.3 Å². The van der Waals surface area contributed by atoms with Crippen LogP contribution in [0, 0.1) is 10.1 Å². The average Bonchev–Trinajstić information content (AvgIpc) is 3.22. The van der Waals surface area contributed by atoms with Crippen LogP contribution >= 0.6 is 0 Å². The van der Waals surface area contributed by atoms with Crippen LogP contribution in [0.2, 0.25) is 0 Å². The normalized spacial score (nSPS) is 13.4. The summed E-state index contributed by atoms with van der Waals surface area (Å²) in [5.41, 5.74) is 0.846. The summed E-state index contributed by atoms with van der Waals surface area (Å²) in [5, 5.41) is 11.6. The fourth-order valence-electron chi connectivity index (χ4n) is 3.24. The Balaban J connectivity index is 1.84. The second kappa shape index (κ2) is 7.99. The Kier molecular flexibility index (Phi) is 5.49. The molecule has 0 N–H and O–H groups in total. The lowest BCUT2D eigenvalue weighted by atomic mass is 10.0. The summed E-state index contributed by atoms with van der Waals surface area (Å²) < 4.78 is 0. The van der Waals surface area contributed by atoms with E-state index in [4.69, 9.17) is 0 Å². The molecule has 0 spiro atoms. The minimum atomic E-state index is -0.520. The number of carbonyl (C=O) groups excluding carboxylic acids is 2. The van der Waals surface area contributed by atoms with Gasteiger partial charge < -0.3 is 9.80 Å². The van der Waals surface area contributed by atoms with Crippen LogP contribution in [-0.2, 0) is 4.79 Å². The molecule has 0 aromatic heterocycles. The van der Waals surface area contributed by atoms with E-state index in [1.807, 2.05) is 0 Å². The zero-order chi connectivity index (χ0) is 19.4. The molecule has 0 unspecified atom stereocenters. The highest BCUT2D eigenvalue weighted by Gasteiger charge is 2.24. The van der Waals surface area contributed by atoms with E-state index in [1.54, 1.807) is 53.2 Å². The molecule has 140 valence electrons. The van der Waals surface area contributed by atoms with Crippen LogP contribution in [0.4, 0.5) is 11.4 Å². The molecule has 0 atom stereocenters. The molecule has 7 nitrogen and oxygen atoms in total. The third kappa shape index (κ3) is 4.13. The van der Waals surface area contributed by atoms with E-state index in [9.17, 15) is 19.7 Å². The first-order valence-corrected chi connectivity index (χ1v) is 8.84. The molecule has 0 saturated carbocycles. The molecule has 1 aliphatic rings. The Hall–Kier alpha value is -3.22. The van der Waals surface area contributed by atoms with Gasteiger partial charge in [-0.3, -0.25) is 19.7 Å². The first-order chi connectivity index (χ1) is 13.0. The second-order valence-corrected chi connectivity index (χ2v) is 6.60. The highest BCUT2D eigenvalue weighted by molar-refractivity contribution is 6.09. The van der Waals surface area contributed by atoms with E-state index in [-0.39, 0.29) is 29.5 Å². The van der Waals surface area contributed by atoms with Gasteiger partial charge in [0.1, 0.15) is 5.69 Å². The summed E-state index contributed by atoms with van der Waals surface area (Å²) >= 11 is 0. The number of nitrogens with zero attached hydrogens (tertiary/aromatic N) is 3. The van der Waals surface area contributed by atoms with Crippen LogP contribution in [0.5, 0.6) is 0 Å². The summed E-state index contributed by atoms with van der Waals surface area (Å²) in [6.45, 7) is 1.53. The van der Waals surface area contributed by atoms with Gasteiger partial charge in [0.15, 0.2) is 5.78 Å². The maximum Gasteiger partial charge on any atom is 0.293 e. The maximum absolute atomic E-state index is 12.6. The van der Waals surface area contributed by atoms with Crippen LogP contribution in [0.3, 0.4) is 0 Å². The minimum absolute atomic E-state index is 0.0475. The fourth-order valence-corrected chi connectivity index (χ4v) is 3.24. The molecule has 1 saturated heterocycles. The van der Waals surface area contributed by atoms with Gasteiger partial charge in [0.05, 0.1) is 11.5 Å². The Bertz CT molecular complexity index is 861. The quantitative estimate of drug-likeness (QED) is 0.445. The molecule has 27 heavy (non-hydrogen) atoms. The van der Waals surface area contributed by atoms with Gasteiger partial charge in [-0.2, -0.15) is 0 Å². The molecule has 0 radical (unpaired) electrons. The Morgan fingerprint density at radius 3 is 2.37 bits per heavy atom. The number of carbonyl (C=O) groups is 2. The van der Waals surface area contributed by atoms with E-state index in [0.717, 1.165) is 25.9 Å². The molecule has 2 aromatic rings. The Morgan fingerprint density at radius 1 is 1.07 bits per heavy atom. The maximum atomic E-state index is 12.6. The van der Waals surface area contributed by atoms with Gasteiger partial charge in [-0.25, -0.2) is 0 Å². The zero-order valence-corrected chi connectivity index (χ0v) is 15.1. The largest absolute Gasteiger partial charge is 0.360 e. The number of nitro benzene ring substituents is 1. The predicted octanol–water partition coefficient (Wildman–Crippen LogP) is 2.88. The van der Waals surface area contributed by atoms with Gasteiger partial charge in [-0.1, -0.05) is 30.3 Å². The Morgan fingerprint density at radius 2 is 1.74 bits per heavy atom. The summed E-state index contributed by atoms with van der Waals surface area (Å²) in [7, 11) is 1.65. The molecule has 3 rings (SSSR count). The number of ketones is 1. The lowest BCUT2D eigenvalue weighted by molar-refractivity contribution is -0.384. The van der Waals surface area contributed by atoms with E-state index in [1.165, 1.54) is 12.1 Å². The fraction of sp³-hybridized carbons (Fsp3) is 0.300. The van der Waals surface area contributed by atoms with E-state index in [2.05, 4.69) is 0 Å². The van der Waals surface area contributed by atoms with E-state index < -0.39 is 4.92 Å². The molecule has 2 aromatic carbocycles. The molecule has 1 aliphatic heterocycles. The van der Waals surface area contributed by atoms with Crippen LogP contribution in [0.15, 0.2) is 48.5 Å². The highest BCUT2D eigenvalue weighted by Crippen LogP contribution is 2.29. The molecular formula is C20H21N3O4. The van der Waals surface area contributed by atoms with Crippen molar-refractivity contribution in [2.45, 2.75) is 12.8 Å². The number of rotatable bonds is 6. The SMILES string of the molecule is CN(CC(=O)N1CCCC1)c1ccc(C(=O)c2ccccc2)cc1[N+](=O)[O-]. The van der Waals surface area contributed by atoms with E-state index >= 15 is 0 Å². The van der Waals surface area contributed by atoms with E-state index in [0.29, 0.717) is 11.3 Å². The van der Waals surface area contributed by atoms with Crippen molar-refractivity contribution in [1.29, 1.82) is 0 Å². The monoisotopic (exact) mass is 367 g/mol. The molecule has 1 heterocycles. The number of likely N-dealkylation sites (N-methyl/N-ethyl adjacent to an activating group) is 1. The minimum Gasteiger partial charge on any atom is -0.360 e. The number of likely N-dealkylation sites (tertiary alicyclic amines) is 1. The molecule has 7 heteroatoms. The summed E-state index contributed by atoms with van der Waals surface area (Å²) in [5.74, 6) is -0.324. The smallest absolute Gasteiger partial charge is 0.293 e. The van der Waals surface area contributed by atoms with Crippen LogP contribution in [0.1, 0.15) is 28.8 Å². The molecular weight excluding hydrogens is 346 g/mol. The van der Waals surface area contributed by atoms with Gasteiger partial charge in [0.25, 0.3) is 5.69 Å². The number of amides is 1. The van der Waals surface area contributed by atoms with Crippen LogP contribution < -0.4 is 4.90 Å². The van der Waals surface area contributed by atoms with Crippen molar-refractivity contribution in [2.24, 2.45) is 0 Å². The third-order valence-corrected chi connectivity index (χ3v) is 4.71. The first kappa shape index (κ1) is 18.6. The number of anilines is 1. The van der Waals surface area contributed by atoms with Gasteiger partial charge >= 0.3 is 0 Å². The van der Waals surface area contributed by atoms with Crippen molar-refractivity contribution in [3.8, 4) is 0 Å². The number of hydrogen-bond donors (Lipinski definition) is 0. The summed E-state index contributed by atoms with van der Waals surface area (Å²) in [6, 6.07) is 13.0. The summed E-state index contributed by atoms with van der Waals surface area (Å²) in [6.07, 6.45) is 1.98. The average molecular weight is 367 g/mol. The van der Waals surface area contributed by atoms with Gasteiger partial charge in [-0.15, -0.1) is 0 Å². The van der Waals surface area contributed by atoms with Crippen molar-refractivity contribution < 1.29 is 14.5 Å². The highest BCUT2D eigenvalue weighted by atomic mass is 16.6. The molecule has 1 fully saturated rings.